The lowest BCUT2D eigenvalue weighted by Gasteiger charge is -2.08. The van der Waals surface area contributed by atoms with Crippen molar-refractivity contribution in [2.45, 2.75) is 45.1 Å². The number of benzene rings is 1. The first kappa shape index (κ1) is 12.7. The van der Waals surface area contributed by atoms with E-state index in [1.54, 1.807) is 0 Å². The van der Waals surface area contributed by atoms with Gasteiger partial charge in [-0.1, -0.05) is 43.9 Å². The summed E-state index contributed by atoms with van der Waals surface area (Å²) in [6.07, 6.45) is 8.53. The van der Waals surface area contributed by atoms with Gasteiger partial charge in [0.25, 0.3) is 0 Å². The van der Waals surface area contributed by atoms with Crippen molar-refractivity contribution in [2.24, 2.45) is 5.92 Å². The molecule has 0 unspecified atom stereocenters. The minimum atomic E-state index is 0.847. The third-order valence-corrected chi connectivity index (χ3v) is 4.22. The Morgan fingerprint density at radius 1 is 1.16 bits per heavy atom. The molecule has 3 rings (SSSR count). The number of fused-ring (bicyclic) bond motifs is 1. The van der Waals surface area contributed by atoms with Crippen LogP contribution >= 0.6 is 0 Å². The van der Waals surface area contributed by atoms with Gasteiger partial charge < -0.3 is 9.73 Å². The molecule has 0 spiro atoms. The van der Waals surface area contributed by atoms with Crippen LogP contribution in [0.4, 0.5) is 0 Å². The Labute approximate surface area is 115 Å². The Morgan fingerprint density at radius 3 is 2.84 bits per heavy atom. The molecule has 1 aliphatic rings. The summed E-state index contributed by atoms with van der Waals surface area (Å²) in [4.78, 5) is 0. The van der Waals surface area contributed by atoms with Gasteiger partial charge in [-0.2, -0.15) is 0 Å². The molecule has 19 heavy (non-hydrogen) atoms. The Balaban J connectivity index is 1.39. The molecule has 0 amide bonds. The molecule has 2 aromatic rings. The van der Waals surface area contributed by atoms with Crippen molar-refractivity contribution < 1.29 is 4.42 Å². The van der Waals surface area contributed by atoms with Gasteiger partial charge in [-0.15, -0.1) is 0 Å². The lowest BCUT2D eigenvalue weighted by atomic mass is 10.0. The van der Waals surface area contributed by atoms with Crippen molar-refractivity contribution in [1.82, 2.24) is 5.32 Å². The van der Waals surface area contributed by atoms with E-state index >= 15 is 0 Å². The molecule has 0 saturated heterocycles. The van der Waals surface area contributed by atoms with Gasteiger partial charge in [0, 0.05) is 5.39 Å². The summed E-state index contributed by atoms with van der Waals surface area (Å²) in [5.41, 5.74) is 0.991. The van der Waals surface area contributed by atoms with E-state index in [1.807, 2.05) is 12.1 Å². The molecule has 1 fully saturated rings. The minimum absolute atomic E-state index is 0.847. The maximum absolute atomic E-state index is 5.79. The Hall–Kier alpha value is -1.28. The van der Waals surface area contributed by atoms with E-state index in [2.05, 4.69) is 23.5 Å². The van der Waals surface area contributed by atoms with E-state index in [0.29, 0.717) is 0 Å². The summed E-state index contributed by atoms with van der Waals surface area (Å²) in [5, 5.41) is 4.69. The van der Waals surface area contributed by atoms with Crippen LogP contribution in [0, 0.1) is 5.92 Å². The van der Waals surface area contributed by atoms with Crippen LogP contribution in [0.15, 0.2) is 34.7 Å². The minimum Gasteiger partial charge on any atom is -0.460 e. The van der Waals surface area contributed by atoms with Crippen LogP contribution in [-0.2, 0) is 6.54 Å². The maximum atomic E-state index is 5.79. The zero-order valence-corrected chi connectivity index (χ0v) is 11.5. The highest BCUT2D eigenvalue weighted by molar-refractivity contribution is 5.77. The van der Waals surface area contributed by atoms with Gasteiger partial charge in [-0.05, 0) is 37.4 Å². The molecular formula is C17H23NO. The summed E-state index contributed by atoms with van der Waals surface area (Å²) in [7, 11) is 0. The van der Waals surface area contributed by atoms with Gasteiger partial charge in [0.05, 0.1) is 6.54 Å². The average molecular weight is 257 g/mol. The molecule has 1 aromatic heterocycles. The lowest BCUT2D eigenvalue weighted by Crippen LogP contribution is -2.15. The second-order valence-corrected chi connectivity index (χ2v) is 5.72. The van der Waals surface area contributed by atoms with E-state index in [-0.39, 0.29) is 0 Å². The normalized spacial score (nSPS) is 16.4. The van der Waals surface area contributed by atoms with E-state index in [9.17, 15) is 0 Å². The van der Waals surface area contributed by atoms with Crippen molar-refractivity contribution in [2.75, 3.05) is 6.54 Å². The fourth-order valence-corrected chi connectivity index (χ4v) is 3.15. The van der Waals surface area contributed by atoms with Crippen LogP contribution in [0.3, 0.4) is 0 Å². The summed E-state index contributed by atoms with van der Waals surface area (Å²) < 4.78 is 5.79. The van der Waals surface area contributed by atoms with Crippen LogP contribution in [0.2, 0.25) is 0 Å². The predicted molar refractivity (Wildman–Crippen MR) is 79.1 cm³/mol. The van der Waals surface area contributed by atoms with Crippen LogP contribution in [-0.4, -0.2) is 6.54 Å². The van der Waals surface area contributed by atoms with Crippen LogP contribution < -0.4 is 5.32 Å². The predicted octanol–water partition coefficient (Wildman–Crippen LogP) is 4.49. The smallest absolute Gasteiger partial charge is 0.134 e. The standard InChI is InChI=1S/C17H23NO/c1-2-7-14(6-1)8-5-11-18-13-16-12-15-9-3-4-10-17(15)19-16/h3-4,9-10,12,14,18H,1-2,5-8,11,13H2. The first-order valence-electron chi connectivity index (χ1n) is 7.60. The number of hydrogen-bond donors (Lipinski definition) is 1. The van der Waals surface area contributed by atoms with Gasteiger partial charge in [-0.3, -0.25) is 0 Å². The number of furan rings is 1. The van der Waals surface area contributed by atoms with Crippen molar-refractivity contribution in [1.29, 1.82) is 0 Å². The summed E-state index contributed by atoms with van der Waals surface area (Å²) in [6.45, 7) is 1.95. The highest BCUT2D eigenvalue weighted by Gasteiger charge is 2.13. The summed E-state index contributed by atoms with van der Waals surface area (Å²) in [5.74, 6) is 2.05. The maximum Gasteiger partial charge on any atom is 0.134 e. The molecule has 1 heterocycles. The molecule has 1 N–H and O–H groups in total. The average Bonchev–Trinajstić information content (AvgIpc) is 3.06. The SMILES string of the molecule is c1ccc2oc(CNCCCC3CCCC3)cc2c1. The van der Waals surface area contributed by atoms with E-state index < -0.39 is 0 Å². The Morgan fingerprint density at radius 2 is 2.00 bits per heavy atom. The topological polar surface area (TPSA) is 25.2 Å². The van der Waals surface area contributed by atoms with Gasteiger partial charge in [0.1, 0.15) is 11.3 Å². The van der Waals surface area contributed by atoms with E-state index in [4.69, 9.17) is 4.42 Å². The monoisotopic (exact) mass is 257 g/mol. The van der Waals surface area contributed by atoms with Gasteiger partial charge >= 0.3 is 0 Å². The van der Waals surface area contributed by atoms with Crippen molar-refractivity contribution in [3.05, 3.63) is 36.1 Å². The second kappa shape index (κ2) is 6.25. The zero-order chi connectivity index (χ0) is 12.9. The van der Waals surface area contributed by atoms with Crippen molar-refractivity contribution in [3.8, 4) is 0 Å². The Kier molecular flexibility index (Phi) is 4.19. The van der Waals surface area contributed by atoms with E-state index in [0.717, 1.165) is 30.4 Å². The molecular weight excluding hydrogens is 234 g/mol. The second-order valence-electron chi connectivity index (χ2n) is 5.72. The van der Waals surface area contributed by atoms with Gasteiger partial charge in [-0.25, -0.2) is 0 Å². The van der Waals surface area contributed by atoms with Gasteiger partial charge in [0.15, 0.2) is 0 Å². The molecule has 102 valence electrons. The number of rotatable bonds is 6. The molecule has 0 atom stereocenters. The Bertz CT molecular complexity index is 478. The number of para-hydroxylation sites is 1. The molecule has 0 radical (unpaired) electrons. The molecule has 0 aliphatic heterocycles. The molecule has 2 nitrogen and oxygen atoms in total. The fraction of sp³-hybridized carbons (Fsp3) is 0.529. The highest BCUT2D eigenvalue weighted by atomic mass is 16.3. The van der Waals surface area contributed by atoms with Gasteiger partial charge in [0.2, 0.25) is 0 Å². The molecule has 1 aliphatic carbocycles. The highest BCUT2D eigenvalue weighted by Crippen LogP contribution is 2.28. The lowest BCUT2D eigenvalue weighted by molar-refractivity contribution is 0.457. The first-order valence-corrected chi connectivity index (χ1v) is 7.60. The quantitative estimate of drug-likeness (QED) is 0.771. The van der Waals surface area contributed by atoms with Crippen molar-refractivity contribution in [3.63, 3.8) is 0 Å². The van der Waals surface area contributed by atoms with Crippen LogP contribution in [0.1, 0.15) is 44.3 Å². The largest absolute Gasteiger partial charge is 0.460 e. The first-order chi connectivity index (χ1) is 9.42. The van der Waals surface area contributed by atoms with Crippen LogP contribution in [0.5, 0.6) is 0 Å². The number of hydrogen-bond acceptors (Lipinski definition) is 2. The molecule has 0 bridgehead atoms. The molecule has 2 heteroatoms. The van der Waals surface area contributed by atoms with E-state index in [1.165, 1.54) is 43.9 Å². The zero-order valence-electron chi connectivity index (χ0n) is 11.5. The fourth-order valence-electron chi connectivity index (χ4n) is 3.15. The van der Waals surface area contributed by atoms with Crippen LogP contribution in [0.25, 0.3) is 11.0 Å². The summed E-state index contributed by atoms with van der Waals surface area (Å²) >= 11 is 0. The third-order valence-electron chi connectivity index (χ3n) is 4.22. The molecule has 1 saturated carbocycles. The third kappa shape index (κ3) is 3.38. The van der Waals surface area contributed by atoms with Crippen molar-refractivity contribution >= 4 is 11.0 Å². The summed E-state index contributed by atoms with van der Waals surface area (Å²) in [6, 6.07) is 10.3. The molecule has 1 aromatic carbocycles. The number of nitrogens with one attached hydrogen (secondary N) is 1.